The second-order valence-corrected chi connectivity index (χ2v) is 16.1. The van der Waals surface area contributed by atoms with E-state index in [-0.39, 0.29) is 29.5 Å². The zero-order chi connectivity index (χ0) is 26.5. The normalized spacial score (nSPS) is 25.1. The summed E-state index contributed by atoms with van der Waals surface area (Å²) < 4.78 is 26.7. The lowest BCUT2D eigenvalue weighted by atomic mass is 10.1. The van der Waals surface area contributed by atoms with Gasteiger partial charge in [-0.2, -0.15) is 0 Å². The van der Waals surface area contributed by atoms with E-state index < -0.39 is 14.1 Å². The molecular weight excluding hydrogens is 492 g/mol. The highest BCUT2D eigenvalue weighted by Gasteiger charge is 2.58. The Balaban J connectivity index is 1.36. The van der Waals surface area contributed by atoms with Crippen LogP contribution in [0.1, 0.15) is 46.5 Å². The van der Waals surface area contributed by atoms with Crippen molar-refractivity contribution in [2.24, 2.45) is 0 Å². The van der Waals surface area contributed by atoms with Gasteiger partial charge in [-0.25, -0.2) is 4.98 Å². The number of para-hydroxylation sites is 2. The number of ether oxygens (including phenoxy) is 3. The molecule has 6 rings (SSSR count). The molecule has 0 spiro atoms. The topological polar surface area (TPSA) is 65.6 Å². The van der Waals surface area contributed by atoms with Gasteiger partial charge in [0.25, 0.3) is 8.32 Å². The number of nitrogens with zero attached hydrogens (tertiary/aromatic N) is 1. The SMILES string of the molecule is CC1(C)O[C@@H]2[C@H](O1)[C@@H](CO[Si](c1ccccc1)(c1ccccc1)C(C)(C)C)O[C@H]2c1nc2ccccc2[nH]1. The van der Waals surface area contributed by atoms with Crippen LogP contribution in [0.3, 0.4) is 0 Å². The summed E-state index contributed by atoms with van der Waals surface area (Å²) in [4.78, 5) is 8.27. The number of hydrogen-bond acceptors (Lipinski definition) is 5. The van der Waals surface area contributed by atoms with Crippen LogP contribution in [0.25, 0.3) is 11.0 Å². The number of H-pyrrole nitrogens is 1. The summed E-state index contributed by atoms with van der Waals surface area (Å²) in [6.45, 7) is 11.2. The van der Waals surface area contributed by atoms with Crippen molar-refractivity contribution >= 4 is 29.7 Å². The molecule has 0 saturated carbocycles. The van der Waals surface area contributed by atoms with Crippen molar-refractivity contribution in [1.29, 1.82) is 0 Å². The molecule has 0 aliphatic carbocycles. The van der Waals surface area contributed by atoms with Crippen LogP contribution in [0.4, 0.5) is 0 Å². The lowest BCUT2D eigenvalue weighted by Crippen LogP contribution is -2.67. The predicted octanol–water partition coefficient (Wildman–Crippen LogP) is 5.10. The Kier molecular flexibility index (Phi) is 6.32. The van der Waals surface area contributed by atoms with Crippen molar-refractivity contribution in [3.63, 3.8) is 0 Å². The van der Waals surface area contributed by atoms with E-state index >= 15 is 0 Å². The summed E-state index contributed by atoms with van der Waals surface area (Å²) in [5.74, 6) is 0.0504. The Morgan fingerprint density at radius 1 is 0.842 bits per heavy atom. The molecule has 2 aliphatic heterocycles. The fourth-order valence-corrected chi connectivity index (χ4v) is 10.7. The van der Waals surface area contributed by atoms with E-state index in [1.165, 1.54) is 10.4 Å². The Morgan fingerprint density at radius 3 is 2.03 bits per heavy atom. The Labute approximate surface area is 225 Å². The summed E-state index contributed by atoms with van der Waals surface area (Å²) in [5, 5.41) is 2.36. The molecule has 3 heterocycles. The molecule has 7 heteroatoms. The summed E-state index contributed by atoms with van der Waals surface area (Å²) in [6.07, 6.45) is -1.22. The van der Waals surface area contributed by atoms with Crippen LogP contribution in [0.5, 0.6) is 0 Å². The number of benzene rings is 3. The molecule has 2 aliphatic rings. The number of fused-ring (bicyclic) bond motifs is 2. The van der Waals surface area contributed by atoms with E-state index in [4.69, 9.17) is 23.6 Å². The third-order valence-corrected chi connectivity index (χ3v) is 12.7. The van der Waals surface area contributed by atoms with Gasteiger partial charge in [-0.05, 0) is 41.4 Å². The molecule has 3 aromatic carbocycles. The predicted molar refractivity (Wildman–Crippen MR) is 151 cm³/mol. The molecule has 0 radical (unpaired) electrons. The van der Waals surface area contributed by atoms with Gasteiger partial charge in [0.05, 0.1) is 17.6 Å². The highest BCUT2D eigenvalue weighted by Crippen LogP contribution is 2.46. The molecule has 2 saturated heterocycles. The third kappa shape index (κ3) is 4.32. The highest BCUT2D eigenvalue weighted by atomic mass is 28.4. The first-order valence-corrected chi connectivity index (χ1v) is 15.3. The van der Waals surface area contributed by atoms with Gasteiger partial charge in [0.2, 0.25) is 0 Å². The zero-order valence-corrected chi connectivity index (χ0v) is 23.7. The Bertz CT molecular complexity index is 1330. The van der Waals surface area contributed by atoms with Gasteiger partial charge in [0, 0.05) is 0 Å². The molecule has 0 bridgehead atoms. The summed E-state index contributed by atoms with van der Waals surface area (Å²) >= 11 is 0. The maximum atomic E-state index is 7.22. The second kappa shape index (κ2) is 9.43. The molecule has 0 amide bonds. The monoisotopic (exact) mass is 528 g/mol. The minimum atomic E-state index is -2.72. The van der Waals surface area contributed by atoms with E-state index in [0.717, 1.165) is 16.9 Å². The molecular formula is C31H36N2O4Si. The second-order valence-electron chi connectivity index (χ2n) is 11.8. The largest absolute Gasteiger partial charge is 0.405 e. The number of hydrogen-bond donors (Lipinski definition) is 1. The van der Waals surface area contributed by atoms with E-state index in [9.17, 15) is 0 Å². The van der Waals surface area contributed by atoms with E-state index in [2.05, 4.69) is 86.4 Å². The number of imidazole rings is 1. The molecule has 4 aromatic rings. The number of aromatic nitrogens is 2. The molecule has 6 nitrogen and oxygen atoms in total. The average Bonchev–Trinajstić information content (AvgIpc) is 3.55. The van der Waals surface area contributed by atoms with Crippen molar-refractivity contribution in [2.75, 3.05) is 6.61 Å². The van der Waals surface area contributed by atoms with Crippen molar-refractivity contribution in [3.8, 4) is 0 Å². The average molecular weight is 529 g/mol. The standard InChI is InChI=1S/C31H36N2O4Si/c1-30(2,3)38(21-14-8-6-9-15-21,22-16-10-7-11-17-22)34-20-25-26-27(37-31(4,5)36-26)28(35-25)29-32-23-18-12-13-19-24(23)33-29/h6-19,25-28H,20H2,1-5H3,(H,32,33)/t25-,26-,27-,28-/m1/s1. The number of rotatable bonds is 6. The molecule has 4 atom stereocenters. The van der Waals surface area contributed by atoms with Crippen molar-refractivity contribution in [1.82, 2.24) is 9.97 Å². The first kappa shape index (κ1) is 25.5. The van der Waals surface area contributed by atoms with Crippen molar-refractivity contribution in [3.05, 3.63) is 90.8 Å². The molecule has 2 fully saturated rings. The van der Waals surface area contributed by atoms with E-state index in [1.54, 1.807) is 0 Å². The maximum Gasteiger partial charge on any atom is 0.261 e. The van der Waals surface area contributed by atoms with Crippen LogP contribution >= 0.6 is 0 Å². The van der Waals surface area contributed by atoms with Gasteiger partial charge >= 0.3 is 0 Å². The van der Waals surface area contributed by atoms with Gasteiger partial charge in [0.1, 0.15) is 30.2 Å². The van der Waals surface area contributed by atoms with Crippen LogP contribution in [-0.2, 0) is 18.6 Å². The van der Waals surface area contributed by atoms with Gasteiger partial charge in [0.15, 0.2) is 5.79 Å². The van der Waals surface area contributed by atoms with Crippen LogP contribution in [0, 0.1) is 0 Å². The van der Waals surface area contributed by atoms with Gasteiger partial charge in [-0.15, -0.1) is 0 Å². The molecule has 0 unspecified atom stereocenters. The van der Waals surface area contributed by atoms with Crippen LogP contribution in [0.2, 0.25) is 5.04 Å². The maximum absolute atomic E-state index is 7.22. The fraction of sp³-hybridized carbons (Fsp3) is 0.387. The minimum Gasteiger partial charge on any atom is -0.405 e. The summed E-state index contributed by atoms with van der Waals surface area (Å²) in [6, 6.07) is 29.4. The number of nitrogens with one attached hydrogen (secondary N) is 1. The lowest BCUT2D eigenvalue weighted by Gasteiger charge is -2.43. The van der Waals surface area contributed by atoms with E-state index in [1.807, 2.05) is 38.1 Å². The zero-order valence-electron chi connectivity index (χ0n) is 22.7. The smallest absolute Gasteiger partial charge is 0.261 e. The van der Waals surface area contributed by atoms with Crippen LogP contribution in [-0.4, -0.2) is 49.0 Å². The minimum absolute atomic E-state index is 0.127. The molecule has 1 N–H and O–H groups in total. The lowest BCUT2D eigenvalue weighted by molar-refractivity contribution is -0.191. The molecule has 1 aromatic heterocycles. The van der Waals surface area contributed by atoms with Gasteiger partial charge in [-0.3, -0.25) is 0 Å². The first-order valence-electron chi connectivity index (χ1n) is 13.4. The third-order valence-electron chi connectivity index (χ3n) is 7.71. The van der Waals surface area contributed by atoms with E-state index in [0.29, 0.717) is 6.61 Å². The number of aromatic amines is 1. The first-order chi connectivity index (χ1) is 18.2. The highest BCUT2D eigenvalue weighted by molar-refractivity contribution is 6.99. The van der Waals surface area contributed by atoms with Crippen molar-refractivity contribution in [2.45, 2.75) is 69.9 Å². The quantitative estimate of drug-likeness (QED) is 0.353. The molecule has 198 valence electrons. The van der Waals surface area contributed by atoms with Crippen LogP contribution < -0.4 is 10.4 Å². The summed E-state index contributed by atoms with van der Waals surface area (Å²) in [5.41, 5.74) is 1.89. The fourth-order valence-electron chi connectivity index (χ4n) is 6.11. The summed E-state index contributed by atoms with van der Waals surface area (Å²) in [7, 11) is -2.72. The van der Waals surface area contributed by atoms with Crippen molar-refractivity contribution < 1.29 is 18.6 Å². The molecule has 38 heavy (non-hydrogen) atoms. The van der Waals surface area contributed by atoms with Crippen LogP contribution in [0.15, 0.2) is 84.9 Å². The Hall–Kier alpha value is -2.81. The Morgan fingerprint density at radius 2 is 1.42 bits per heavy atom. The van der Waals surface area contributed by atoms with Gasteiger partial charge < -0.3 is 23.6 Å². The van der Waals surface area contributed by atoms with Gasteiger partial charge in [-0.1, -0.05) is 93.6 Å².